The number of carbonyl (C=O) groups excluding carboxylic acids is 2. The topological polar surface area (TPSA) is 67.9 Å². The van der Waals surface area contributed by atoms with Crippen LogP contribution in [0, 0.1) is 0 Å². The molecule has 4 rings (SSSR count). The Balaban J connectivity index is 1.29. The van der Waals surface area contributed by atoms with Gasteiger partial charge in [0.05, 0.1) is 25.3 Å². The molecule has 1 atom stereocenters. The molecular formula is C25H30N2O4. The predicted molar refractivity (Wildman–Crippen MR) is 119 cm³/mol. The molecule has 0 spiro atoms. The highest BCUT2D eigenvalue weighted by Gasteiger charge is 2.38. The second-order valence-electron chi connectivity index (χ2n) is 8.85. The minimum atomic E-state index is -0.327. The molecule has 1 saturated heterocycles. The van der Waals surface area contributed by atoms with E-state index in [9.17, 15) is 9.59 Å². The van der Waals surface area contributed by atoms with Crippen LogP contribution in [0.5, 0.6) is 5.75 Å². The van der Waals surface area contributed by atoms with E-state index in [4.69, 9.17) is 9.47 Å². The molecular weight excluding hydrogens is 392 g/mol. The average Bonchev–Trinajstić information content (AvgIpc) is 2.77. The monoisotopic (exact) mass is 422 g/mol. The van der Waals surface area contributed by atoms with Crippen molar-refractivity contribution in [3.63, 3.8) is 0 Å². The lowest BCUT2D eigenvalue weighted by atomic mass is 9.97. The Morgan fingerprint density at radius 3 is 2.81 bits per heavy atom. The summed E-state index contributed by atoms with van der Waals surface area (Å²) in [4.78, 5) is 26.4. The highest BCUT2D eigenvalue weighted by molar-refractivity contribution is 5.94. The lowest BCUT2D eigenvalue weighted by Gasteiger charge is -2.45. The van der Waals surface area contributed by atoms with Gasteiger partial charge in [0.1, 0.15) is 11.9 Å². The summed E-state index contributed by atoms with van der Waals surface area (Å²) in [5, 5.41) is 2.87. The van der Waals surface area contributed by atoms with Crippen molar-refractivity contribution < 1.29 is 19.1 Å². The summed E-state index contributed by atoms with van der Waals surface area (Å²) in [6.07, 6.45) is 2.23. The number of benzene rings is 2. The van der Waals surface area contributed by atoms with Crippen LogP contribution < -0.4 is 10.1 Å². The van der Waals surface area contributed by atoms with Crippen molar-refractivity contribution >= 4 is 17.5 Å². The molecule has 0 saturated carbocycles. The molecule has 0 aliphatic carbocycles. The quantitative estimate of drug-likeness (QED) is 0.712. The second-order valence-corrected chi connectivity index (χ2v) is 8.85. The zero-order chi connectivity index (χ0) is 21.8. The molecule has 1 fully saturated rings. The Kier molecular flexibility index (Phi) is 6.28. The fraction of sp³-hybridized carbons (Fsp3) is 0.440. The van der Waals surface area contributed by atoms with E-state index < -0.39 is 0 Å². The zero-order valence-electron chi connectivity index (χ0n) is 18.2. The van der Waals surface area contributed by atoms with E-state index in [0.717, 1.165) is 29.0 Å². The molecule has 2 aromatic carbocycles. The van der Waals surface area contributed by atoms with Gasteiger partial charge in [-0.2, -0.15) is 0 Å². The van der Waals surface area contributed by atoms with Crippen molar-refractivity contribution in [3.8, 4) is 5.75 Å². The predicted octanol–water partition coefficient (Wildman–Crippen LogP) is 4.11. The molecule has 6 heteroatoms. The summed E-state index contributed by atoms with van der Waals surface area (Å²) in [6, 6.07) is 15.8. The Labute approximate surface area is 183 Å². The van der Waals surface area contributed by atoms with E-state index in [-0.39, 0.29) is 23.5 Å². The number of amides is 2. The molecule has 164 valence electrons. The number of nitrogens with one attached hydrogen (secondary N) is 1. The van der Waals surface area contributed by atoms with Gasteiger partial charge in [-0.1, -0.05) is 30.3 Å². The van der Waals surface area contributed by atoms with E-state index in [2.05, 4.69) is 19.2 Å². The van der Waals surface area contributed by atoms with Gasteiger partial charge in [0.25, 0.3) is 0 Å². The molecule has 0 aromatic heterocycles. The van der Waals surface area contributed by atoms with Crippen LogP contribution in [0.4, 0.5) is 5.69 Å². The molecule has 0 bridgehead atoms. The Bertz CT molecular complexity index is 942. The summed E-state index contributed by atoms with van der Waals surface area (Å²) >= 11 is 0. The third kappa shape index (κ3) is 5.07. The van der Waals surface area contributed by atoms with Gasteiger partial charge in [-0.15, -0.1) is 0 Å². The van der Waals surface area contributed by atoms with Gasteiger partial charge in [-0.05, 0) is 56.0 Å². The van der Waals surface area contributed by atoms with Crippen LogP contribution in [-0.4, -0.2) is 42.0 Å². The van der Waals surface area contributed by atoms with Crippen LogP contribution in [0.25, 0.3) is 0 Å². The number of ether oxygens (including phenoxy) is 2. The minimum absolute atomic E-state index is 0.0558. The van der Waals surface area contributed by atoms with Gasteiger partial charge in [0.2, 0.25) is 11.8 Å². The lowest BCUT2D eigenvalue weighted by Crippen LogP contribution is -2.56. The van der Waals surface area contributed by atoms with Crippen LogP contribution in [0.1, 0.15) is 50.3 Å². The van der Waals surface area contributed by atoms with Gasteiger partial charge in [0, 0.05) is 18.5 Å². The maximum Gasteiger partial charge on any atom is 0.224 e. The fourth-order valence-corrected chi connectivity index (χ4v) is 4.15. The van der Waals surface area contributed by atoms with Gasteiger partial charge in [-0.3, -0.25) is 9.59 Å². The van der Waals surface area contributed by atoms with Crippen molar-refractivity contribution in [2.24, 2.45) is 0 Å². The van der Waals surface area contributed by atoms with Crippen molar-refractivity contribution in [1.82, 2.24) is 4.90 Å². The van der Waals surface area contributed by atoms with E-state index in [1.54, 1.807) is 0 Å². The van der Waals surface area contributed by atoms with Gasteiger partial charge >= 0.3 is 0 Å². The first-order chi connectivity index (χ1) is 14.9. The molecule has 2 aromatic rings. The lowest BCUT2D eigenvalue weighted by molar-refractivity contribution is -0.155. The minimum Gasteiger partial charge on any atom is -0.494 e. The first-order valence-corrected chi connectivity index (χ1v) is 10.9. The standard InChI is InChI=1S/C25H30N2O4/c1-25(2)17-31-22(18-7-4-3-5-8-18)16-27(25)24(29)9-6-14-30-20-11-12-21-19(15-20)10-13-23(28)26-21/h3-5,7-8,11-12,15,22H,6,9-10,13-14,16-17H2,1-2H3,(H,26,28). The molecule has 1 unspecified atom stereocenters. The van der Waals surface area contributed by atoms with Gasteiger partial charge < -0.3 is 19.7 Å². The highest BCUT2D eigenvalue weighted by atomic mass is 16.5. The summed E-state index contributed by atoms with van der Waals surface area (Å²) in [6.45, 7) is 5.65. The maximum atomic E-state index is 13.0. The summed E-state index contributed by atoms with van der Waals surface area (Å²) in [5.41, 5.74) is 2.73. The number of hydrogen-bond donors (Lipinski definition) is 1. The number of nitrogens with zero attached hydrogens (tertiary/aromatic N) is 1. The van der Waals surface area contributed by atoms with E-state index >= 15 is 0 Å². The molecule has 0 radical (unpaired) electrons. The average molecular weight is 423 g/mol. The third-order valence-corrected chi connectivity index (χ3v) is 5.97. The van der Waals surface area contributed by atoms with Crippen molar-refractivity contribution in [2.75, 3.05) is 25.1 Å². The smallest absolute Gasteiger partial charge is 0.224 e. The van der Waals surface area contributed by atoms with E-state index in [1.165, 1.54) is 0 Å². The second kappa shape index (κ2) is 9.10. The Hall–Kier alpha value is -2.86. The number of fused-ring (bicyclic) bond motifs is 1. The summed E-state index contributed by atoms with van der Waals surface area (Å²) in [5.74, 6) is 0.962. The van der Waals surface area contributed by atoms with E-state index in [0.29, 0.717) is 39.0 Å². The normalized spacial score (nSPS) is 20.0. The Morgan fingerprint density at radius 2 is 2.00 bits per heavy atom. The SMILES string of the molecule is CC1(C)COC(c2ccccc2)CN1C(=O)CCCOc1ccc2c(c1)CCC(=O)N2. The molecule has 2 aliphatic rings. The zero-order valence-corrected chi connectivity index (χ0v) is 18.2. The largest absolute Gasteiger partial charge is 0.494 e. The highest BCUT2D eigenvalue weighted by Crippen LogP contribution is 2.31. The van der Waals surface area contributed by atoms with Crippen molar-refractivity contribution in [2.45, 2.75) is 51.2 Å². The number of carbonyl (C=O) groups is 2. The van der Waals surface area contributed by atoms with Gasteiger partial charge in [0.15, 0.2) is 0 Å². The fourth-order valence-electron chi connectivity index (χ4n) is 4.15. The number of anilines is 1. The third-order valence-electron chi connectivity index (χ3n) is 5.97. The summed E-state index contributed by atoms with van der Waals surface area (Å²) in [7, 11) is 0. The number of aryl methyl sites for hydroxylation is 1. The molecule has 6 nitrogen and oxygen atoms in total. The van der Waals surface area contributed by atoms with Crippen LogP contribution in [0.3, 0.4) is 0 Å². The van der Waals surface area contributed by atoms with Crippen LogP contribution in [-0.2, 0) is 20.7 Å². The van der Waals surface area contributed by atoms with E-state index in [1.807, 2.05) is 53.4 Å². The van der Waals surface area contributed by atoms with Crippen molar-refractivity contribution in [1.29, 1.82) is 0 Å². The number of rotatable bonds is 6. The van der Waals surface area contributed by atoms with Crippen LogP contribution >= 0.6 is 0 Å². The molecule has 31 heavy (non-hydrogen) atoms. The molecule has 2 amide bonds. The molecule has 2 aliphatic heterocycles. The number of morpholine rings is 1. The maximum absolute atomic E-state index is 13.0. The molecule has 2 heterocycles. The van der Waals surface area contributed by atoms with Crippen LogP contribution in [0.15, 0.2) is 48.5 Å². The van der Waals surface area contributed by atoms with Crippen LogP contribution in [0.2, 0.25) is 0 Å². The van der Waals surface area contributed by atoms with Gasteiger partial charge in [-0.25, -0.2) is 0 Å². The first-order valence-electron chi connectivity index (χ1n) is 10.9. The molecule has 1 N–H and O–H groups in total. The summed E-state index contributed by atoms with van der Waals surface area (Å²) < 4.78 is 11.9. The first kappa shape index (κ1) is 21.4. The van der Waals surface area contributed by atoms with Crippen molar-refractivity contribution in [3.05, 3.63) is 59.7 Å². The number of hydrogen-bond acceptors (Lipinski definition) is 4. The Morgan fingerprint density at radius 1 is 1.19 bits per heavy atom.